The Bertz CT molecular complexity index is 598. The van der Waals surface area contributed by atoms with Crippen molar-refractivity contribution in [3.63, 3.8) is 0 Å². The molecule has 0 amide bonds. The van der Waals surface area contributed by atoms with Crippen molar-refractivity contribution in [1.82, 2.24) is 19.7 Å². The van der Waals surface area contributed by atoms with E-state index in [4.69, 9.17) is 5.11 Å². The van der Waals surface area contributed by atoms with Crippen LogP contribution in [0.5, 0.6) is 0 Å². The number of rotatable bonds is 3. The highest BCUT2D eigenvalue weighted by molar-refractivity contribution is 5.73. The third-order valence-electron chi connectivity index (χ3n) is 2.23. The van der Waals surface area contributed by atoms with Crippen molar-refractivity contribution in [1.29, 1.82) is 0 Å². The molecule has 0 radical (unpaired) electrons. The second kappa shape index (κ2) is 3.76. The van der Waals surface area contributed by atoms with Gasteiger partial charge in [0.2, 0.25) is 0 Å². The first-order chi connectivity index (χ1) is 7.58. The first kappa shape index (κ1) is 10.3. The molecular weight excluding hydrogens is 212 g/mol. The van der Waals surface area contributed by atoms with Crippen molar-refractivity contribution in [3.8, 4) is 0 Å². The van der Waals surface area contributed by atoms with Gasteiger partial charge >= 0.3 is 5.97 Å². The van der Waals surface area contributed by atoms with Gasteiger partial charge in [0.25, 0.3) is 5.56 Å². The molecule has 0 fully saturated rings. The van der Waals surface area contributed by atoms with E-state index in [1.165, 1.54) is 10.9 Å². The molecule has 2 heterocycles. The summed E-state index contributed by atoms with van der Waals surface area (Å²) in [6, 6.07) is 0. The molecule has 0 aliphatic rings. The van der Waals surface area contributed by atoms with E-state index in [1.807, 2.05) is 0 Å². The van der Waals surface area contributed by atoms with Crippen LogP contribution in [0, 0.1) is 0 Å². The van der Waals surface area contributed by atoms with E-state index in [0.29, 0.717) is 16.9 Å². The van der Waals surface area contributed by atoms with Gasteiger partial charge in [-0.2, -0.15) is 5.10 Å². The Morgan fingerprint density at radius 1 is 1.62 bits per heavy atom. The fourth-order valence-corrected chi connectivity index (χ4v) is 1.42. The van der Waals surface area contributed by atoms with Gasteiger partial charge in [-0.25, -0.2) is 4.98 Å². The van der Waals surface area contributed by atoms with Gasteiger partial charge in [0, 0.05) is 13.5 Å². The molecule has 0 aliphatic heterocycles. The number of fused-ring (bicyclic) bond motifs is 1. The molecule has 0 spiro atoms. The van der Waals surface area contributed by atoms with E-state index in [9.17, 15) is 9.59 Å². The summed E-state index contributed by atoms with van der Waals surface area (Å²) in [6.45, 7) is 0. The summed E-state index contributed by atoms with van der Waals surface area (Å²) < 4.78 is 1.48. The van der Waals surface area contributed by atoms with Gasteiger partial charge in [0.15, 0.2) is 5.65 Å². The lowest BCUT2D eigenvalue weighted by Crippen LogP contribution is -2.13. The molecule has 2 aromatic heterocycles. The first-order valence-corrected chi connectivity index (χ1v) is 4.70. The van der Waals surface area contributed by atoms with Gasteiger partial charge in [-0.3, -0.25) is 14.3 Å². The van der Waals surface area contributed by atoms with Crippen LogP contribution in [0.3, 0.4) is 0 Å². The predicted molar refractivity (Wildman–Crippen MR) is 55.1 cm³/mol. The molecule has 7 heteroatoms. The zero-order valence-corrected chi connectivity index (χ0v) is 8.60. The molecule has 0 unspecified atom stereocenters. The van der Waals surface area contributed by atoms with Crippen LogP contribution in [0.2, 0.25) is 0 Å². The Hall–Kier alpha value is -2.18. The number of H-pyrrole nitrogens is 1. The van der Waals surface area contributed by atoms with E-state index in [0.717, 1.165) is 0 Å². The molecule has 7 nitrogen and oxygen atoms in total. The molecule has 2 N–H and O–H groups in total. The number of hydrogen-bond acceptors (Lipinski definition) is 4. The summed E-state index contributed by atoms with van der Waals surface area (Å²) in [5.74, 6) is -0.559. The summed E-state index contributed by atoms with van der Waals surface area (Å²) >= 11 is 0. The number of hydrogen-bond donors (Lipinski definition) is 2. The maximum atomic E-state index is 11.6. The maximum absolute atomic E-state index is 11.6. The van der Waals surface area contributed by atoms with Crippen molar-refractivity contribution in [2.75, 3.05) is 0 Å². The average Bonchev–Trinajstić information content (AvgIpc) is 2.58. The third-order valence-corrected chi connectivity index (χ3v) is 2.23. The largest absolute Gasteiger partial charge is 0.481 e. The standard InChI is InChI=1S/C9H10N4O3/c1-13-8-5(4-10-13)9(16)12-6(11-8)2-3-7(14)15/h4H,2-3H2,1H3,(H,14,15)(H,11,12,16). The monoisotopic (exact) mass is 222 g/mol. The van der Waals surface area contributed by atoms with Gasteiger partial charge in [-0.15, -0.1) is 0 Å². The Morgan fingerprint density at radius 3 is 3.06 bits per heavy atom. The minimum absolute atomic E-state index is 0.0632. The first-order valence-electron chi connectivity index (χ1n) is 4.70. The predicted octanol–water partition coefficient (Wildman–Crippen LogP) is -0.326. The van der Waals surface area contributed by atoms with Crippen LogP contribution in [0.15, 0.2) is 11.0 Å². The van der Waals surface area contributed by atoms with Crippen LogP contribution >= 0.6 is 0 Å². The molecule has 0 bridgehead atoms. The number of aryl methyl sites for hydroxylation is 2. The van der Waals surface area contributed by atoms with Crippen LogP contribution in [0.25, 0.3) is 11.0 Å². The van der Waals surface area contributed by atoms with E-state index >= 15 is 0 Å². The summed E-state index contributed by atoms with van der Waals surface area (Å²) in [5.41, 5.74) is 0.169. The molecule has 0 atom stereocenters. The van der Waals surface area contributed by atoms with Crippen LogP contribution in [-0.2, 0) is 18.3 Å². The number of aromatic nitrogens is 4. The molecule has 0 saturated carbocycles. The van der Waals surface area contributed by atoms with Gasteiger partial charge in [-0.1, -0.05) is 0 Å². The van der Waals surface area contributed by atoms with Crippen molar-refractivity contribution < 1.29 is 9.90 Å². The number of nitrogens with zero attached hydrogens (tertiary/aromatic N) is 3. The minimum Gasteiger partial charge on any atom is -0.481 e. The molecule has 0 aliphatic carbocycles. The summed E-state index contributed by atoms with van der Waals surface area (Å²) in [7, 11) is 1.68. The molecular formula is C9H10N4O3. The third kappa shape index (κ3) is 1.79. The Morgan fingerprint density at radius 2 is 2.38 bits per heavy atom. The lowest BCUT2D eigenvalue weighted by atomic mass is 10.3. The highest BCUT2D eigenvalue weighted by Crippen LogP contribution is 2.05. The number of aliphatic carboxylic acids is 1. The Balaban J connectivity index is 2.44. The van der Waals surface area contributed by atoms with Crippen LogP contribution in [0.1, 0.15) is 12.2 Å². The number of carbonyl (C=O) groups is 1. The van der Waals surface area contributed by atoms with Gasteiger partial charge in [0.05, 0.1) is 12.6 Å². The fraction of sp³-hybridized carbons (Fsp3) is 0.333. The molecule has 16 heavy (non-hydrogen) atoms. The fourth-order valence-electron chi connectivity index (χ4n) is 1.42. The molecule has 84 valence electrons. The van der Waals surface area contributed by atoms with Crippen molar-refractivity contribution in [2.45, 2.75) is 12.8 Å². The second-order valence-corrected chi connectivity index (χ2v) is 3.41. The highest BCUT2D eigenvalue weighted by Gasteiger charge is 2.08. The summed E-state index contributed by atoms with van der Waals surface area (Å²) in [6.07, 6.45) is 1.57. The Labute approximate surface area is 89.7 Å². The van der Waals surface area contributed by atoms with Gasteiger partial charge < -0.3 is 10.1 Å². The lowest BCUT2D eigenvalue weighted by Gasteiger charge is -1.99. The Kier molecular flexibility index (Phi) is 2.43. The van der Waals surface area contributed by atoms with Crippen LogP contribution < -0.4 is 5.56 Å². The molecule has 2 rings (SSSR count). The SMILES string of the molecule is Cn1ncc2c(=O)[nH]c(CCC(=O)O)nc21. The van der Waals surface area contributed by atoms with Gasteiger partial charge in [-0.05, 0) is 0 Å². The van der Waals surface area contributed by atoms with E-state index < -0.39 is 5.97 Å². The van der Waals surface area contributed by atoms with Crippen LogP contribution in [-0.4, -0.2) is 30.8 Å². The van der Waals surface area contributed by atoms with Crippen LogP contribution in [0.4, 0.5) is 0 Å². The smallest absolute Gasteiger partial charge is 0.303 e. The number of aromatic amines is 1. The van der Waals surface area contributed by atoms with Gasteiger partial charge in [0.1, 0.15) is 11.2 Å². The molecule has 0 aromatic carbocycles. The quantitative estimate of drug-likeness (QED) is 0.740. The van der Waals surface area contributed by atoms with Crippen molar-refractivity contribution in [2.24, 2.45) is 7.05 Å². The summed E-state index contributed by atoms with van der Waals surface area (Å²) in [4.78, 5) is 28.6. The maximum Gasteiger partial charge on any atom is 0.303 e. The second-order valence-electron chi connectivity index (χ2n) is 3.41. The number of carboxylic acid groups (broad SMARTS) is 1. The normalized spacial score (nSPS) is 10.8. The molecule has 2 aromatic rings. The van der Waals surface area contributed by atoms with E-state index in [-0.39, 0.29) is 18.4 Å². The molecule has 0 saturated heterocycles. The zero-order valence-electron chi connectivity index (χ0n) is 8.60. The number of nitrogens with one attached hydrogen (secondary N) is 1. The zero-order chi connectivity index (χ0) is 11.7. The summed E-state index contributed by atoms with van der Waals surface area (Å²) in [5, 5.41) is 12.8. The average molecular weight is 222 g/mol. The van der Waals surface area contributed by atoms with Crippen molar-refractivity contribution >= 4 is 17.0 Å². The number of carboxylic acids is 1. The van der Waals surface area contributed by atoms with Crippen molar-refractivity contribution in [3.05, 3.63) is 22.4 Å². The van der Waals surface area contributed by atoms with E-state index in [2.05, 4.69) is 15.1 Å². The highest BCUT2D eigenvalue weighted by atomic mass is 16.4. The minimum atomic E-state index is -0.923. The van der Waals surface area contributed by atoms with E-state index in [1.54, 1.807) is 7.05 Å². The topological polar surface area (TPSA) is 101 Å². The lowest BCUT2D eigenvalue weighted by molar-refractivity contribution is -0.137.